The van der Waals surface area contributed by atoms with Gasteiger partial charge in [-0.25, -0.2) is 0 Å². The van der Waals surface area contributed by atoms with Crippen molar-refractivity contribution in [3.05, 3.63) is 68.8 Å². The molecule has 0 amide bonds. The van der Waals surface area contributed by atoms with Crippen molar-refractivity contribution in [2.24, 2.45) is 0 Å². The Bertz CT molecular complexity index is 716. The van der Waals surface area contributed by atoms with Crippen LogP contribution in [0.4, 0.5) is 11.4 Å². The molecule has 1 fully saturated rings. The normalized spacial score (nSPS) is 20.3. The van der Waals surface area contributed by atoms with Crippen molar-refractivity contribution in [1.29, 1.82) is 0 Å². The maximum absolute atomic E-state index is 11.2. The molecule has 11 heteroatoms. The van der Waals surface area contributed by atoms with Gasteiger partial charge in [0.15, 0.2) is 0 Å². The molecule has 0 spiro atoms. The fourth-order valence-corrected chi connectivity index (χ4v) is 85.4. The Morgan fingerprint density at radius 3 is 1.52 bits per heavy atom. The predicted octanol–water partition coefficient (Wildman–Crippen LogP) is 2.72. The van der Waals surface area contributed by atoms with E-state index in [2.05, 4.69) is 0 Å². The van der Waals surface area contributed by atoms with Gasteiger partial charge in [-0.2, -0.15) is 0 Å². The first-order valence-corrected chi connectivity index (χ1v) is 20.0. The molecule has 2 atom stereocenters. The van der Waals surface area contributed by atoms with E-state index in [1.807, 2.05) is 24.3 Å². The van der Waals surface area contributed by atoms with Gasteiger partial charge < -0.3 is 0 Å². The molecule has 0 saturated carbocycles. The van der Waals surface area contributed by atoms with Crippen molar-refractivity contribution in [2.45, 2.75) is 0 Å². The van der Waals surface area contributed by atoms with Crippen LogP contribution >= 0.6 is 26.4 Å². The summed E-state index contributed by atoms with van der Waals surface area (Å²) in [5, 5.41) is 22.4. The van der Waals surface area contributed by atoms with Crippen LogP contribution in [0.3, 0.4) is 0 Å². The second-order valence-corrected chi connectivity index (χ2v) is 31.8. The zero-order valence-corrected chi connectivity index (χ0v) is 17.5. The van der Waals surface area contributed by atoms with E-state index in [0.717, 1.165) is 8.70 Å². The molecule has 0 aromatic heterocycles. The van der Waals surface area contributed by atoms with Gasteiger partial charge in [0.1, 0.15) is 0 Å². The molecule has 2 aromatic rings. The topological polar surface area (TPSA) is 86.3 Å². The molecule has 0 bridgehead atoms. The number of rotatable bonds is 4. The Morgan fingerprint density at radius 1 is 0.739 bits per heavy atom. The quantitative estimate of drug-likeness (QED) is 0.282. The van der Waals surface area contributed by atoms with Gasteiger partial charge in [-0.1, -0.05) is 0 Å². The van der Waals surface area contributed by atoms with Gasteiger partial charge in [0.05, 0.1) is 0 Å². The fourth-order valence-electron chi connectivity index (χ4n) is 1.87. The zero-order chi connectivity index (χ0) is 16.4. The average Bonchev–Trinajstić information content (AvgIpc) is 3.04. The zero-order valence-electron chi connectivity index (χ0n) is 11.3. The van der Waals surface area contributed by atoms with Crippen LogP contribution in [0.5, 0.6) is 0 Å². The van der Waals surface area contributed by atoms with Crippen LogP contribution in [-0.4, -0.2) is 34.5 Å². The summed E-state index contributed by atoms with van der Waals surface area (Å²) < 4.78 is 1.64. The SMILES string of the molecule is O=[N+]([O-])c1ccccc1[As]1SS[As](c2ccccc2[N+](=O)[O-])S1. The van der Waals surface area contributed by atoms with Crippen LogP contribution in [0, 0.1) is 20.2 Å². The summed E-state index contributed by atoms with van der Waals surface area (Å²) in [6.45, 7) is 0. The van der Waals surface area contributed by atoms with Crippen LogP contribution in [0.2, 0.25) is 0 Å². The van der Waals surface area contributed by atoms with E-state index in [4.69, 9.17) is 0 Å². The number of nitro groups is 2. The molecule has 3 rings (SSSR count). The van der Waals surface area contributed by atoms with E-state index in [0.29, 0.717) is 0 Å². The van der Waals surface area contributed by atoms with Crippen LogP contribution in [0.25, 0.3) is 0 Å². The fraction of sp³-hybridized carbons (Fsp3) is 0. The van der Waals surface area contributed by atoms with Crippen LogP contribution in [-0.2, 0) is 0 Å². The Hall–Kier alpha value is -0.593. The van der Waals surface area contributed by atoms with Gasteiger partial charge in [-0.05, 0) is 0 Å². The Labute approximate surface area is 149 Å². The van der Waals surface area contributed by atoms with Gasteiger partial charge >= 0.3 is 150 Å². The number of benzene rings is 2. The average molecular weight is 490 g/mol. The molecule has 1 heterocycles. The van der Waals surface area contributed by atoms with Crippen LogP contribution in [0.15, 0.2) is 48.5 Å². The number of hydrogen-bond acceptors (Lipinski definition) is 7. The predicted molar refractivity (Wildman–Crippen MR) is 99.7 cm³/mol. The van der Waals surface area contributed by atoms with Crippen LogP contribution < -0.4 is 8.70 Å². The molecule has 2 unspecified atom stereocenters. The van der Waals surface area contributed by atoms with Crippen LogP contribution in [0.1, 0.15) is 0 Å². The van der Waals surface area contributed by atoms with Gasteiger partial charge in [-0.15, -0.1) is 0 Å². The Balaban J connectivity index is 1.88. The third-order valence-corrected chi connectivity index (χ3v) is 52.8. The summed E-state index contributed by atoms with van der Waals surface area (Å²) in [5.74, 6) is 0. The monoisotopic (exact) mass is 490 g/mol. The standard InChI is InChI=1S/C12H8As2N2O4S3/c17-15(18)11-7-3-1-5-9(11)13-21-14(23-22-13)10-6-2-4-8-12(10)16(19)20/h1-8H. The van der Waals surface area contributed by atoms with E-state index >= 15 is 0 Å². The van der Waals surface area contributed by atoms with Gasteiger partial charge in [-0.3, -0.25) is 0 Å². The Kier molecular flexibility index (Phi) is 5.64. The number of para-hydroxylation sites is 2. The third kappa shape index (κ3) is 3.74. The van der Waals surface area contributed by atoms with Crippen molar-refractivity contribution < 1.29 is 9.85 Å². The van der Waals surface area contributed by atoms with E-state index in [1.54, 1.807) is 38.5 Å². The summed E-state index contributed by atoms with van der Waals surface area (Å²) in [6, 6.07) is 13.7. The summed E-state index contributed by atoms with van der Waals surface area (Å²) in [5.41, 5.74) is 0.345. The minimum absolute atomic E-state index is 0.173. The van der Waals surface area contributed by atoms with Gasteiger partial charge in [0.2, 0.25) is 0 Å². The van der Waals surface area contributed by atoms with Crippen molar-refractivity contribution in [3.63, 3.8) is 0 Å². The van der Waals surface area contributed by atoms with E-state index in [9.17, 15) is 20.2 Å². The third-order valence-electron chi connectivity index (χ3n) is 2.87. The molecule has 23 heavy (non-hydrogen) atoms. The second kappa shape index (κ2) is 7.53. The van der Waals surface area contributed by atoms with E-state index < -0.39 is 24.7 Å². The molecule has 1 aliphatic rings. The second-order valence-electron chi connectivity index (χ2n) is 4.24. The molecule has 2 aromatic carbocycles. The number of hydrogen-bond donors (Lipinski definition) is 0. The molecular weight excluding hydrogens is 482 g/mol. The maximum atomic E-state index is 11.2. The first kappa shape index (κ1) is 17.2. The number of nitro benzene ring substituents is 2. The molecule has 0 aliphatic carbocycles. The molecule has 1 saturated heterocycles. The molecule has 0 radical (unpaired) electrons. The van der Waals surface area contributed by atoms with E-state index in [-0.39, 0.29) is 21.2 Å². The van der Waals surface area contributed by atoms with Crippen molar-refractivity contribution in [2.75, 3.05) is 0 Å². The van der Waals surface area contributed by atoms with Gasteiger partial charge in [0.25, 0.3) is 0 Å². The molecule has 1 aliphatic heterocycles. The summed E-state index contributed by atoms with van der Waals surface area (Å²) in [4.78, 5) is 21.7. The minimum atomic E-state index is -1.70. The molecular formula is C12H8As2N2O4S3. The summed E-state index contributed by atoms with van der Waals surface area (Å²) in [6.07, 6.45) is 0. The Morgan fingerprint density at radius 2 is 1.13 bits per heavy atom. The van der Waals surface area contributed by atoms with Gasteiger partial charge in [0, 0.05) is 0 Å². The first-order valence-electron chi connectivity index (χ1n) is 6.18. The number of nitrogens with zero attached hydrogens (tertiary/aromatic N) is 2. The summed E-state index contributed by atoms with van der Waals surface area (Å²) in [7, 11) is 5.22. The summed E-state index contributed by atoms with van der Waals surface area (Å²) >= 11 is -3.39. The first-order chi connectivity index (χ1) is 11.1. The molecule has 0 N–H and O–H groups in total. The molecule has 6 nitrogen and oxygen atoms in total. The van der Waals surface area contributed by atoms with Crippen molar-refractivity contribution >= 4 is 71.2 Å². The van der Waals surface area contributed by atoms with E-state index in [1.165, 1.54) is 12.1 Å². The van der Waals surface area contributed by atoms with Crippen molar-refractivity contribution in [1.82, 2.24) is 0 Å². The van der Waals surface area contributed by atoms with Crippen molar-refractivity contribution in [3.8, 4) is 0 Å². The molecule has 118 valence electrons.